The number of nitrogens with one attached hydrogen (secondary N) is 2. The number of halogens is 1. The Morgan fingerprint density at radius 1 is 1.42 bits per heavy atom. The Kier molecular flexibility index (Phi) is 4.48. The van der Waals surface area contributed by atoms with Gasteiger partial charge in [0.1, 0.15) is 11.6 Å². The number of urea groups is 1. The molecule has 3 rings (SSSR count). The first kappa shape index (κ1) is 16.4. The number of hydrogen-bond donors (Lipinski definition) is 2. The second kappa shape index (κ2) is 6.56. The third-order valence-corrected chi connectivity index (χ3v) is 3.75. The summed E-state index contributed by atoms with van der Waals surface area (Å²) in [6.07, 6.45) is 0. The van der Waals surface area contributed by atoms with E-state index >= 15 is 0 Å². The van der Waals surface area contributed by atoms with Crippen LogP contribution in [0.25, 0.3) is 11.4 Å². The first-order chi connectivity index (χ1) is 11.4. The van der Waals surface area contributed by atoms with E-state index in [1.54, 1.807) is 17.0 Å². The Hall–Kier alpha value is -2.48. The fourth-order valence-electron chi connectivity index (χ4n) is 2.56. The maximum Gasteiger partial charge on any atom is 0.317 e. The van der Waals surface area contributed by atoms with E-state index in [0.29, 0.717) is 36.9 Å². The normalized spacial score (nSPS) is 16.9. The lowest BCUT2D eigenvalue weighted by Crippen LogP contribution is -2.53. The van der Waals surface area contributed by atoms with Crippen LogP contribution in [0.2, 0.25) is 0 Å². The monoisotopic (exact) mass is 333 g/mol. The molecule has 0 atom stereocenters. The van der Waals surface area contributed by atoms with Crippen LogP contribution in [-0.4, -0.2) is 51.4 Å². The fourth-order valence-corrected chi connectivity index (χ4v) is 2.56. The van der Waals surface area contributed by atoms with E-state index in [1.165, 1.54) is 12.1 Å². The molecular formula is C16H20FN5O2. The van der Waals surface area contributed by atoms with Crippen molar-refractivity contribution < 1.29 is 13.9 Å². The summed E-state index contributed by atoms with van der Waals surface area (Å²) in [5.41, 5.74) is 0.373. The molecule has 2 heterocycles. The Balaban J connectivity index is 1.57. The van der Waals surface area contributed by atoms with Crippen LogP contribution in [0.3, 0.4) is 0 Å². The smallest absolute Gasteiger partial charge is 0.317 e. The SMILES string of the molecule is CC1(C)CN(C(=O)NCc2nc(-c3ccc(F)cc3)n[nH]2)CCO1. The molecule has 1 aliphatic heterocycles. The number of ether oxygens (including phenoxy) is 1. The predicted molar refractivity (Wildman–Crippen MR) is 85.6 cm³/mol. The van der Waals surface area contributed by atoms with Crippen LogP contribution < -0.4 is 5.32 Å². The molecule has 2 aromatic rings. The third-order valence-electron chi connectivity index (χ3n) is 3.75. The molecule has 0 unspecified atom stereocenters. The molecule has 8 heteroatoms. The third kappa shape index (κ3) is 3.88. The molecule has 7 nitrogen and oxygen atoms in total. The van der Waals surface area contributed by atoms with Gasteiger partial charge in [0, 0.05) is 12.1 Å². The zero-order chi connectivity index (χ0) is 17.2. The second-order valence-corrected chi connectivity index (χ2v) is 6.30. The minimum absolute atomic E-state index is 0.161. The number of nitrogens with zero attached hydrogens (tertiary/aromatic N) is 3. The molecule has 1 aliphatic rings. The van der Waals surface area contributed by atoms with Gasteiger partial charge in [0.05, 0.1) is 25.3 Å². The zero-order valence-electron chi connectivity index (χ0n) is 13.7. The summed E-state index contributed by atoms with van der Waals surface area (Å²) in [6, 6.07) is 5.76. The molecule has 0 aliphatic carbocycles. The van der Waals surface area contributed by atoms with E-state index < -0.39 is 0 Å². The van der Waals surface area contributed by atoms with E-state index in [1.807, 2.05) is 13.8 Å². The van der Waals surface area contributed by atoms with Gasteiger partial charge in [-0.1, -0.05) is 0 Å². The summed E-state index contributed by atoms with van der Waals surface area (Å²) in [5, 5.41) is 9.68. The van der Waals surface area contributed by atoms with Crippen molar-refractivity contribution in [1.29, 1.82) is 0 Å². The Labute approximate surface area is 139 Å². The molecular weight excluding hydrogens is 313 g/mol. The highest BCUT2D eigenvalue weighted by Crippen LogP contribution is 2.17. The van der Waals surface area contributed by atoms with Gasteiger partial charge in [-0.2, -0.15) is 5.10 Å². The standard InChI is InChI=1S/C16H20FN5O2/c1-16(2)10-22(7-8-24-16)15(23)18-9-13-19-14(21-20-13)11-3-5-12(17)6-4-11/h3-6H,7-10H2,1-2H3,(H,18,23)(H,19,20,21). The second-order valence-electron chi connectivity index (χ2n) is 6.30. The summed E-state index contributed by atoms with van der Waals surface area (Å²) in [7, 11) is 0. The van der Waals surface area contributed by atoms with Crippen LogP contribution >= 0.6 is 0 Å². The highest BCUT2D eigenvalue weighted by atomic mass is 19.1. The van der Waals surface area contributed by atoms with Crippen molar-refractivity contribution in [3.63, 3.8) is 0 Å². The van der Waals surface area contributed by atoms with Gasteiger partial charge in [-0.05, 0) is 38.1 Å². The highest BCUT2D eigenvalue weighted by molar-refractivity contribution is 5.74. The van der Waals surface area contributed by atoms with Crippen molar-refractivity contribution in [3.8, 4) is 11.4 Å². The van der Waals surface area contributed by atoms with Gasteiger partial charge in [-0.15, -0.1) is 0 Å². The van der Waals surface area contributed by atoms with Crippen LogP contribution in [0.1, 0.15) is 19.7 Å². The van der Waals surface area contributed by atoms with Gasteiger partial charge in [0.2, 0.25) is 0 Å². The van der Waals surface area contributed by atoms with Gasteiger partial charge in [-0.25, -0.2) is 14.2 Å². The molecule has 2 N–H and O–H groups in total. The number of H-pyrrole nitrogens is 1. The quantitative estimate of drug-likeness (QED) is 0.899. The van der Waals surface area contributed by atoms with Gasteiger partial charge in [-0.3, -0.25) is 5.10 Å². The zero-order valence-corrected chi connectivity index (χ0v) is 13.7. The topological polar surface area (TPSA) is 83.1 Å². The van der Waals surface area contributed by atoms with E-state index in [2.05, 4.69) is 20.5 Å². The summed E-state index contributed by atoms with van der Waals surface area (Å²) in [6.45, 7) is 5.78. The van der Waals surface area contributed by atoms with Gasteiger partial charge in [0.25, 0.3) is 0 Å². The Bertz CT molecular complexity index is 714. The van der Waals surface area contributed by atoms with Gasteiger partial charge < -0.3 is 15.0 Å². The summed E-state index contributed by atoms with van der Waals surface area (Å²) < 4.78 is 18.5. The number of aromatic nitrogens is 3. The molecule has 24 heavy (non-hydrogen) atoms. The van der Waals surface area contributed by atoms with Crippen molar-refractivity contribution in [1.82, 2.24) is 25.4 Å². The van der Waals surface area contributed by atoms with E-state index in [4.69, 9.17) is 4.74 Å². The first-order valence-electron chi connectivity index (χ1n) is 7.77. The number of benzene rings is 1. The molecule has 1 aromatic heterocycles. The number of rotatable bonds is 3. The molecule has 0 saturated carbocycles. The molecule has 1 fully saturated rings. The average molecular weight is 333 g/mol. The maximum atomic E-state index is 12.9. The molecule has 0 radical (unpaired) electrons. The molecule has 2 amide bonds. The Morgan fingerprint density at radius 2 is 2.17 bits per heavy atom. The summed E-state index contributed by atoms with van der Waals surface area (Å²) >= 11 is 0. The number of carbonyl (C=O) groups is 1. The lowest BCUT2D eigenvalue weighted by atomic mass is 10.1. The van der Waals surface area contributed by atoms with Crippen molar-refractivity contribution in [2.45, 2.75) is 26.0 Å². The number of aromatic amines is 1. The van der Waals surface area contributed by atoms with E-state index in [0.717, 1.165) is 0 Å². The average Bonchev–Trinajstić information content (AvgIpc) is 3.01. The largest absolute Gasteiger partial charge is 0.372 e. The number of morpholine rings is 1. The summed E-state index contributed by atoms with van der Waals surface area (Å²) in [4.78, 5) is 18.3. The number of carbonyl (C=O) groups excluding carboxylic acids is 1. The minimum Gasteiger partial charge on any atom is -0.372 e. The molecule has 1 aromatic carbocycles. The fraction of sp³-hybridized carbons (Fsp3) is 0.438. The van der Waals surface area contributed by atoms with Gasteiger partial charge in [0.15, 0.2) is 5.82 Å². The van der Waals surface area contributed by atoms with Crippen molar-refractivity contribution >= 4 is 6.03 Å². The van der Waals surface area contributed by atoms with Gasteiger partial charge >= 0.3 is 6.03 Å². The first-order valence-corrected chi connectivity index (χ1v) is 7.77. The van der Waals surface area contributed by atoms with Crippen LogP contribution in [0.15, 0.2) is 24.3 Å². The minimum atomic E-state index is -0.336. The molecule has 1 saturated heterocycles. The Morgan fingerprint density at radius 3 is 2.88 bits per heavy atom. The van der Waals surface area contributed by atoms with Crippen molar-refractivity contribution in [3.05, 3.63) is 35.9 Å². The maximum absolute atomic E-state index is 12.9. The van der Waals surface area contributed by atoms with E-state index in [-0.39, 0.29) is 24.0 Å². The lowest BCUT2D eigenvalue weighted by Gasteiger charge is -2.37. The van der Waals surface area contributed by atoms with Crippen molar-refractivity contribution in [2.24, 2.45) is 0 Å². The summed E-state index contributed by atoms with van der Waals surface area (Å²) in [5.74, 6) is 0.692. The van der Waals surface area contributed by atoms with E-state index in [9.17, 15) is 9.18 Å². The van der Waals surface area contributed by atoms with Crippen LogP contribution in [-0.2, 0) is 11.3 Å². The number of amides is 2. The lowest BCUT2D eigenvalue weighted by molar-refractivity contribution is -0.0733. The predicted octanol–water partition coefficient (Wildman–Crippen LogP) is 1.93. The molecule has 0 bridgehead atoms. The van der Waals surface area contributed by atoms with Crippen LogP contribution in [0.4, 0.5) is 9.18 Å². The molecule has 128 valence electrons. The van der Waals surface area contributed by atoms with Crippen molar-refractivity contribution in [2.75, 3.05) is 19.7 Å². The molecule has 0 spiro atoms. The van der Waals surface area contributed by atoms with Crippen LogP contribution in [0.5, 0.6) is 0 Å². The van der Waals surface area contributed by atoms with Crippen LogP contribution in [0, 0.1) is 5.82 Å². The highest BCUT2D eigenvalue weighted by Gasteiger charge is 2.29. The number of hydrogen-bond acceptors (Lipinski definition) is 4.